The first-order chi connectivity index (χ1) is 12.3. The van der Waals surface area contributed by atoms with Crippen molar-refractivity contribution in [2.75, 3.05) is 11.1 Å². The molecule has 2 aromatic carbocycles. The standard InChI is InChI=1S/C19H15N5O/c20-16-18(22-12-23-19(16)25-14-8-2-1-3-9-14)24-15-10-4-6-13-7-5-11-21-17(13)15/h1-12H,20H2,(H,22,23,24). The third kappa shape index (κ3) is 3.05. The van der Waals surface area contributed by atoms with Gasteiger partial charge in [0, 0.05) is 11.6 Å². The Balaban J connectivity index is 1.68. The van der Waals surface area contributed by atoms with E-state index in [2.05, 4.69) is 20.3 Å². The zero-order valence-electron chi connectivity index (χ0n) is 13.3. The number of nitrogens with zero attached hydrogens (tertiary/aromatic N) is 3. The second-order valence-electron chi connectivity index (χ2n) is 5.36. The van der Waals surface area contributed by atoms with Gasteiger partial charge in [-0.3, -0.25) is 4.98 Å². The van der Waals surface area contributed by atoms with Gasteiger partial charge in [-0.25, -0.2) is 4.98 Å². The molecule has 2 aromatic heterocycles. The molecule has 0 fully saturated rings. The highest BCUT2D eigenvalue weighted by atomic mass is 16.5. The van der Waals surface area contributed by atoms with E-state index in [4.69, 9.17) is 10.5 Å². The summed E-state index contributed by atoms with van der Waals surface area (Å²) in [7, 11) is 0. The molecule has 6 nitrogen and oxygen atoms in total. The Labute approximate surface area is 144 Å². The second-order valence-corrected chi connectivity index (χ2v) is 5.36. The molecule has 4 aromatic rings. The molecule has 3 N–H and O–H groups in total. The molecule has 0 saturated heterocycles. The summed E-state index contributed by atoms with van der Waals surface area (Å²) in [5, 5.41) is 4.25. The largest absolute Gasteiger partial charge is 0.437 e. The number of fused-ring (bicyclic) bond motifs is 1. The minimum absolute atomic E-state index is 0.303. The van der Waals surface area contributed by atoms with Gasteiger partial charge in [-0.15, -0.1) is 0 Å². The predicted octanol–water partition coefficient (Wildman–Crippen LogP) is 4.14. The van der Waals surface area contributed by atoms with E-state index in [9.17, 15) is 0 Å². The third-order valence-corrected chi connectivity index (χ3v) is 3.69. The number of hydrogen-bond acceptors (Lipinski definition) is 6. The van der Waals surface area contributed by atoms with Crippen LogP contribution in [0.4, 0.5) is 17.2 Å². The van der Waals surface area contributed by atoms with Gasteiger partial charge in [-0.2, -0.15) is 4.98 Å². The first-order valence-corrected chi connectivity index (χ1v) is 7.75. The van der Waals surface area contributed by atoms with Crippen molar-refractivity contribution >= 4 is 28.1 Å². The van der Waals surface area contributed by atoms with Crippen molar-refractivity contribution in [1.82, 2.24) is 15.0 Å². The Morgan fingerprint density at radius 1 is 0.840 bits per heavy atom. The van der Waals surface area contributed by atoms with Crippen LogP contribution in [-0.4, -0.2) is 15.0 Å². The summed E-state index contributed by atoms with van der Waals surface area (Å²) in [6, 6.07) is 19.1. The lowest BCUT2D eigenvalue weighted by Gasteiger charge is -2.12. The highest BCUT2D eigenvalue weighted by Gasteiger charge is 2.12. The third-order valence-electron chi connectivity index (χ3n) is 3.69. The maximum atomic E-state index is 6.19. The van der Waals surface area contributed by atoms with Crippen molar-refractivity contribution in [2.45, 2.75) is 0 Å². The van der Waals surface area contributed by atoms with E-state index in [1.165, 1.54) is 6.33 Å². The van der Waals surface area contributed by atoms with Crippen molar-refractivity contribution < 1.29 is 4.74 Å². The minimum atomic E-state index is 0.303. The predicted molar refractivity (Wildman–Crippen MR) is 98.0 cm³/mol. The number of para-hydroxylation sites is 2. The van der Waals surface area contributed by atoms with E-state index in [1.807, 2.05) is 60.7 Å². The molecule has 0 aliphatic carbocycles. The van der Waals surface area contributed by atoms with Crippen molar-refractivity contribution in [1.29, 1.82) is 0 Å². The van der Waals surface area contributed by atoms with Crippen LogP contribution in [0.2, 0.25) is 0 Å². The molecule has 0 spiro atoms. The summed E-state index contributed by atoms with van der Waals surface area (Å²) in [5.74, 6) is 1.43. The van der Waals surface area contributed by atoms with Crippen LogP contribution in [0.5, 0.6) is 11.6 Å². The quantitative estimate of drug-likeness (QED) is 0.585. The van der Waals surface area contributed by atoms with Crippen LogP contribution < -0.4 is 15.8 Å². The molecule has 0 bridgehead atoms. The maximum absolute atomic E-state index is 6.19. The molecular weight excluding hydrogens is 314 g/mol. The number of nitrogen functional groups attached to an aromatic ring is 1. The van der Waals surface area contributed by atoms with Gasteiger partial charge in [0.15, 0.2) is 5.82 Å². The van der Waals surface area contributed by atoms with Crippen molar-refractivity contribution in [2.24, 2.45) is 0 Å². The van der Waals surface area contributed by atoms with Gasteiger partial charge in [0.25, 0.3) is 0 Å². The summed E-state index contributed by atoms with van der Waals surface area (Å²) in [4.78, 5) is 12.8. The molecule has 6 heteroatoms. The van der Waals surface area contributed by atoms with E-state index in [-0.39, 0.29) is 0 Å². The summed E-state index contributed by atoms with van der Waals surface area (Å²) in [6.07, 6.45) is 3.16. The zero-order chi connectivity index (χ0) is 17.1. The number of anilines is 3. The van der Waals surface area contributed by atoms with Crippen molar-refractivity contribution in [3.05, 3.63) is 73.2 Å². The minimum Gasteiger partial charge on any atom is -0.437 e. The Morgan fingerprint density at radius 2 is 1.68 bits per heavy atom. The summed E-state index contributed by atoms with van der Waals surface area (Å²) in [6.45, 7) is 0. The molecule has 0 radical (unpaired) electrons. The average molecular weight is 329 g/mol. The van der Waals surface area contributed by atoms with Crippen LogP contribution in [0.15, 0.2) is 73.2 Å². The maximum Gasteiger partial charge on any atom is 0.248 e. The number of benzene rings is 2. The summed E-state index contributed by atoms with van der Waals surface area (Å²) >= 11 is 0. The van der Waals surface area contributed by atoms with Crippen LogP contribution in [0.25, 0.3) is 10.9 Å². The molecule has 122 valence electrons. The number of rotatable bonds is 4. The molecular formula is C19H15N5O. The van der Waals surface area contributed by atoms with Gasteiger partial charge >= 0.3 is 0 Å². The number of nitrogens with one attached hydrogen (secondary N) is 1. The van der Waals surface area contributed by atoms with Gasteiger partial charge in [0.05, 0.1) is 11.2 Å². The highest BCUT2D eigenvalue weighted by Crippen LogP contribution is 2.32. The zero-order valence-corrected chi connectivity index (χ0v) is 13.3. The van der Waals surface area contributed by atoms with Gasteiger partial charge < -0.3 is 15.8 Å². The Hall–Kier alpha value is -3.67. The lowest BCUT2D eigenvalue weighted by atomic mass is 10.2. The van der Waals surface area contributed by atoms with Crippen LogP contribution in [-0.2, 0) is 0 Å². The smallest absolute Gasteiger partial charge is 0.248 e. The fourth-order valence-corrected chi connectivity index (χ4v) is 2.49. The van der Waals surface area contributed by atoms with E-state index in [0.29, 0.717) is 23.1 Å². The fraction of sp³-hybridized carbons (Fsp3) is 0. The first kappa shape index (κ1) is 14.9. The summed E-state index contributed by atoms with van der Waals surface area (Å²) < 4.78 is 5.74. The van der Waals surface area contributed by atoms with Gasteiger partial charge in [0.2, 0.25) is 5.88 Å². The molecule has 0 amide bonds. The van der Waals surface area contributed by atoms with Crippen LogP contribution in [0.1, 0.15) is 0 Å². The molecule has 0 aliphatic rings. The molecule has 0 unspecified atom stereocenters. The molecule has 4 rings (SSSR count). The molecule has 25 heavy (non-hydrogen) atoms. The molecule has 0 aliphatic heterocycles. The van der Waals surface area contributed by atoms with E-state index in [0.717, 1.165) is 16.6 Å². The molecule has 0 saturated carbocycles. The van der Waals surface area contributed by atoms with Crippen LogP contribution in [0.3, 0.4) is 0 Å². The average Bonchev–Trinajstić information content (AvgIpc) is 2.66. The van der Waals surface area contributed by atoms with Gasteiger partial charge in [-0.05, 0) is 24.3 Å². The van der Waals surface area contributed by atoms with Crippen molar-refractivity contribution in [3.63, 3.8) is 0 Å². The SMILES string of the molecule is Nc1c(Nc2cccc3cccnc23)ncnc1Oc1ccccc1. The topological polar surface area (TPSA) is 86.0 Å². The second kappa shape index (κ2) is 6.45. The number of nitrogens with two attached hydrogens (primary N) is 1. The molecule has 0 atom stereocenters. The van der Waals surface area contributed by atoms with Gasteiger partial charge in [-0.1, -0.05) is 36.4 Å². The fourth-order valence-electron chi connectivity index (χ4n) is 2.49. The van der Waals surface area contributed by atoms with Crippen molar-refractivity contribution in [3.8, 4) is 11.6 Å². The Bertz CT molecular complexity index is 1020. The van der Waals surface area contributed by atoms with Crippen LogP contribution >= 0.6 is 0 Å². The number of aromatic nitrogens is 3. The Morgan fingerprint density at radius 3 is 2.56 bits per heavy atom. The monoisotopic (exact) mass is 329 g/mol. The van der Waals surface area contributed by atoms with E-state index >= 15 is 0 Å². The van der Waals surface area contributed by atoms with Crippen LogP contribution in [0, 0.1) is 0 Å². The number of hydrogen-bond donors (Lipinski definition) is 2. The van der Waals surface area contributed by atoms with Gasteiger partial charge in [0.1, 0.15) is 17.8 Å². The van der Waals surface area contributed by atoms with E-state index in [1.54, 1.807) is 6.20 Å². The molecule has 2 heterocycles. The number of pyridine rings is 1. The lowest BCUT2D eigenvalue weighted by Crippen LogP contribution is -2.03. The Kier molecular flexibility index (Phi) is 3.84. The number of ether oxygens (including phenoxy) is 1. The lowest BCUT2D eigenvalue weighted by molar-refractivity contribution is 0.464. The normalized spacial score (nSPS) is 10.6. The highest BCUT2D eigenvalue weighted by molar-refractivity contribution is 5.92. The first-order valence-electron chi connectivity index (χ1n) is 7.75. The summed E-state index contributed by atoms with van der Waals surface area (Å²) in [5.41, 5.74) is 8.18. The van der Waals surface area contributed by atoms with E-state index < -0.39 is 0 Å².